The summed E-state index contributed by atoms with van der Waals surface area (Å²) in [6.07, 6.45) is 29.0. The Morgan fingerprint density at radius 2 is 0.950 bits per heavy atom. The second-order valence-electron chi connectivity index (χ2n) is 32.7. The average molecular weight is 1120 g/mol. The summed E-state index contributed by atoms with van der Waals surface area (Å²) in [5.74, 6) is 6.59. The average Bonchev–Trinajstić information content (AvgIpc) is 2.62. The van der Waals surface area contributed by atoms with Gasteiger partial charge in [0.1, 0.15) is 0 Å². The van der Waals surface area contributed by atoms with Crippen LogP contribution in [0.5, 0.6) is 0 Å². The lowest BCUT2D eigenvalue weighted by molar-refractivity contribution is -0.249. The van der Waals surface area contributed by atoms with Crippen molar-refractivity contribution in [2.24, 2.45) is 125 Å². The fourth-order valence-corrected chi connectivity index (χ4v) is 25.0. The van der Waals surface area contributed by atoms with Crippen LogP contribution < -0.4 is 22.1 Å². The summed E-state index contributed by atoms with van der Waals surface area (Å²) < 4.78 is 12.8. The molecule has 0 aromatic rings. The number of rotatable bonds is 14. The Hall–Kier alpha value is -0.920. The molecule has 80 heavy (non-hydrogen) atoms. The van der Waals surface area contributed by atoms with Gasteiger partial charge < -0.3 is 52.0 Å². The van der Waals surface area contributed by atoms with E-state index in [2.05, 4.69) is 86.4 Å². The zero-order valence-corrected chi connectivity index (χ0v) is 53.3. The number of nitrogens with one attached hydrogen (secondary N) is 2. The normalized spacial score (nSPS) is 49.4. The fraction of sp³-hybridized carbons (Fsp3) is 0.943. The van der Waals surface area contributed by atoms with Gasteiger partial charge in [0.05, 0.1) is 19.8 Å². The minimum absolute atomic E-state index is 0.0138. The van der Waals surface area contributed by atoms with Crippen molar-refractivity contribution in [2.75, 3.05) is 66.3 Å². The fourth-order valence-electron chi connectivity index (χ4n) is 25.0. The third-order valence-electron chi connectivity index (χ3n) is 29.8. The Kier molecular flexibility index (Phi) is 18.8. The zero-order chi connectivity index (χ0) is 58.1. The standard InChI is InChI=1S/C37H64N2O3.C32H56N2O2.CH4O/c1-25(23-39-20-21-40)26-12-17-37(24-42-31-9-7-8-22-41-31)19-18-35(5)27(32(26)37)10-11-29-34(4)15-14-30(38)33(2,3)28(34)13-16-36(29,35)6;1-21(19-34-17-18-35)22-9-14-32(20-36)16-15-30(5)23(27(22)32)7-8-25-29(4)12-11-26(33)28(2,3)24(29)10-13-31(25,30)6;1-2/h26-32,39-40H,1,7-24,38H2,2-6H3;22-27,34-36H,1,7-20,33H2,2-6H3;2H,1H3/t26-,27+,28-,29+,30?,31?,32+,34-,35+,36+,37+;22-,23+,24-,25+,26?,27+,29-,30+,31+,32+;/m00./s1. The van der Waals surface area contributed by atoms with Crippen molar-refractivity contribution in [3.8, 4) is 0 Å². The van der Waals surface area contributed by atoms with Gasteiger partial charge in [-0.15, -0.1) is 0 Å². The van der Waals surface area contributed by atoms with E-state index in [-0.39, 0.29) is 41.2 Å². The minimum Gasteiger partial charge on any atom is -0.400 e. The first-order chi connectivity index (χ1) is 37.8. The molecule has 10 N–H and O–H groups in total. The first-order valence-corrected chi connectivity index (χ1v) is 33.6. The number of nitrogens with two attached hydrogens (primary N) is 2. The summed E-state index contributed by atoms with van der Waals surface area (Å²) in [7, 11) is 1.00. The van der Waals surface area contributed by atoms with Crippen molar-refractivity contribution in [1.82, 2.24) is 10.6 Å². The summed E-state index contributed by atoms with van der Waals surface area (Å²) in [4.78, 5) is 0. The van der Waals surface area contributed by atoms with E-state index in [1.165, 1.54) is 146 Å². The van der Waals surface area contributed by atoms with Gasteiger partial charge in [0.15, 0.2) is 6.29 Å². The van der Waals surface area contributed by atoms with Crippen LogP contribution in [0.25, 0.3) is 0 Å². The van der Waals surface area contributed by atoms with E-state index in [1.807, 2.05) is 0 Å². The van der Waals surface area contributed by atoms with Gasteiger partial charge in [-0.25, -0.2) is 0 Å². The van der Waals surface area contributed by atoms with E-state index in [0.717, 1.165) is 69.9 Å². The van der Waals surface area contributed by atoms with Crippen molar-refractivity contribution >= 4 is 0 Å². The van der Waals surface area contributed by atoms with Gasteiger partial charge >= 0.3 is 0 Å². The Labute approximate surface area is 489 Å². The predicted octanol–water partition coefficient (Wildman–Crippen LogP) is 12.2. The molecule has 11 aliphatic rings. The number of ether oxygens (including phenoxy) is 2. The van der Waals surface area contributed by atoms with Gasteiger partial charge in [-0.2, -0.15) is 0 Å². The second kappa shape index (κ2) is 23.6. The Morgan fingerprint density at radius 1 is 0.500 bits per heavy atom. The Bertz CT molecular complexity index is 2150. The summed E-state index contributed by atoms with van der Waals surface area (Å²) in [5.41, 5.74) is 19.1. The van der Waals surface area contributed by atoms with Gasteiger partial charge in [0.25, 0.3) is 0 Å². The van der Waals surface area contributed by atoms with E-state index in [1.54, 1.807) is 0 Å². The van der Waals surface area contributed by atoms with Crippen molar-refractivity contribution < 1.29 is 29.9 Å². The molecule has 1 aliphatic heterocycles. The lowest BCUT2D eigenvalue weighted by atomic mass is 9.32. The van der Waals surface area contributed by atoms with Crippen LogP contribution in [-0.2, 0) is 9.47 Å². The first kappa shape index (κ1) is 63.6. The summed E-state index contributed by atoms with van der Waals surface area (Å²) >= 11 is 0. The van der Waals surface area contributed by atoms with Crippen LogP contribution in [0.2, 0.25) is 0 Å². The molecule has 0 bridgehead atoms. The summed E-state index contributed by atoms with van der Waals surface area (Å²) in [6.45, 7) is 40.7. The lowest BCUT2D eigenvalue weighted by Gasteiger charge is -2.73. The van der Waals surface area contributed by atoms with Gasteiger partial charge in [-0.1, -0.05) is 93.5 Å². The SMILES string of the molecule is C=C(CNCCO)[C@@H]1CC[C@]2(CO)CC[C@]3(C)[C@H](CC[C@@H]4[C@@]5(C)CCC(N)C(C)(C)[C@@H]5CC[C@]43C)[C@@H]12.C=C(CNCCO)[C@@H]1CC[C@]2(COC3CCCCO3)CC[C@]3(C)[C@H](CC[C@@H]4[C@@]5(C)CCC(N)C(C)(C)[C@@H]5CC[C@]43C)[C@@H]12.CO. The van der Waals surface area contributed by atoms with Crippen LogP contribution in [0.1, 0.15) is 217 Å². The molecule has 0 radical (unpaired) electrons. The smallest absolute Gasteiger partial charge is 0.157 e. The monoisotopic (exact) mass is 1120 g/mol. The Balaban J connectivity index is 0.000000190. The summed E-state index contributed by atoms with van der Waals surface area (Å²) in [5, 5.41) is 43.4. The molecule has 10 nitrogen and oxygen atoms in total. The largest absolute Gasteiger partial charge is 0.400 e. The Morgan fingerprint density at radius 3 is 1.39 bits per heavy atom. The molecule has 1 saturated heterocycles. The maximum Gasteiger partial charge on any atom is 0.157 e. The van der Waals surface area contributed by atoms with Gasteiger partial charge in [-0.3, -0.25) is 0 Å². The molecule has 11 rings (SSSR count). The molecular formula is C70H124N4O6. The van der Waals surface area contributed by atoms with Crippen molar-refractivity contribution in [3.05, 3.63) is 24.3 Å². The van der Waals surface area contributed by atoms with Crippen LogP contribution in [0.4, 0.5) is 0 Å². The van der Waals surface area contributed by atoms with Crippen LogP contribution in [0.15, 0.2) is 24.3 Å². The number of hydrogen-bond donors (Lipinski definition) is 8. The molecule has 10 aliphatic carbocycles. The third-order valence-corrected chi connectivity index (χ3v) is 29.8. The first-order valence-electron chi connectivity index (χ1n) is 33.6. The molecular weight excluding hydrogens is 993 g/mol. The predicted molar refractivity (Wildman–Crippen MR) is 327 cm³/mol. The molecule has 1 heterocycles. The molecule has 0 aromatic heterocycles. The molecule has 3 unspecified atom stereocenters. The van der Waals surface area contributed by atoms with Gasteiger partial charge in [-0.05, 0) is 261 Å². The molecule has 10 heteroatoms. The van der Waals surface area contributed by atoms with Crippen LogP contribution in [0.3, 0.4) is 0 Å². The topological polar surface area (TPSA) is 175 Å². The molecule has 0 aromatic carbocycles. The van der Waals surface area contributed by atoms with E-state index >= 15 is 0 Å². The number of aliphatic hydroxyl groups excluding tert-OH is 4. The van der Waals surface area contributed by atoms with E-state index in [4.69, 9.17) is 32.6 Å². The third kappa shape index (κ3) is 9.92. The molecule has 460 valence electrons. The maximum atomic E-state index is 10.8. The van der Waals surface area contributed by atoms with E-state index in [9.17, 15) is 15.3 Å². The number of fused-ring (bicyclic) bond motifs is 14. The highest BCUT2D eigenvalue weighted by Gasteiger charge is 2.73. The number of hydrogen-bond acceptors (Lipinski definition) is 10. The highest BCUT2D eigenvalue weighted by atomic mass is 16.7. The quantitative estimate of drug-likeness (QED) is 0.0617. The highest BCUT2D eigenvalue weighted by Crippen LogP contribution is 2.80. The highest BCUT2D eigenvalue weighted by molar-refractivity contribution is 5.25. The van der Waals surface area contributed by atoms with Crippen LogP contribution >= 0.6 is 0 Å². The van der Waals surface area contributed by atoms with Crippen molar-refractivity contribution in [2.45, 2.75) is 235 Å². The molecule has 21 atom stereocenters. The van der Waals surface area contributed by atoms with Crippen LogP contribution in [0, 0.1) is 113 Å². The molecule has 10 saturated carbocycles. The minimum atomic E-state index is -0.0138. The zero-order valence-electron chi connectivity index (χ0n) is 53.3. The molecule has 0 amide bonds. The lowest BCUT2D eigenvalue weighted by Crippen LogP contribution is -2.67. The second-order valence-corrected chi connectivity index (χ2v) is 32.7. The summed E-state index contributed by atoms with van der Waals surface area (Å²) in [6, 6.07) is 0.663. The van der Waals surface area contributed by atoms with Crippen LogP contribution in [-0.4, -0.2) is 105 Å². The van der Waals surface area contributed by atoms with E-state index < -0.39 is 0 Å². The maximum absolute atomic E-state index is 10.8. The van der Waals surface area contributed by atoms with Gasteiger partial charge in [0.2, 0.25) is 0 Å². The van der Waals surface area contributed by atoms with E-state index in [0.29, 0.717) is 99.8 Å². The number of aliphatic hydroxyl groups is 4. The van der Waals surface area contributed by atoms with Crippen molar-refractivity contribution in [1.29, 1.82) is 0 Å². The molecule has 0 spiro atoms. The van der Waals surface area contributed by atoms with Crippen molar-refractivity contribution in [3.63, 3.8) is 0 Å². The molecule has 11 fully saturated rings. The van der Waals surface area contributed by atoms with Gasteiger partial charge in [0, 0.05) is 58.6 Å².